The molecule has 3 heterocycles. The highest BCUT2D eigenvalue weighted by atomic mass is 19.3. The Balaban J connectivity index is 1.28. The average Bonchev–Trinajstić information content (AvgIpc) is 3.45. The lowest BCUT2D eigenvalue weighted by Gasteiger charge is -2.17. The number of nitrogens with zero attached hydrogens (tertiary/aromatic N) is 1. The SMILES string of the molecule is Cc1ccc(NC(=O)C2(c3ccc4c(c3)OC(F)(F)O4)CC2)nc1-c1ccc2c(O)[nH]cc2c1. The Hall–Kier alpha value is -4.14. The number of benzene rings is 2. The summed E-state index contributed by atoms with van der Waals surface area (Å²) in [5.74, 6) is 0.104. The number of carbonyl (C=O) groups is 1. The van der Waals surface area contributed by atoms with E-state index in [0.29, 0.717) is 35.3 Å². The average molecular weight is 463 g/mol. The van der Waals surface area contributed by atoms with E-state index in [2.05, 4.69) is 24.8 Å². The number of carbonyl (C=O) groups excluding carboxylic acids is 1. The third-order valence-electron chi connectivity index (χ3n) is 6.42. The second-order valence-electron chi connectivity index (χ2n) is 8.67. The molecule has 0 spiro atoms. The molecule has 1 saturated carbocycles. The molecule has 2 aromatic heterocycles. The molecule has 7 nitrogen and oxygen atoms in total. The molecule has 0 atom stereocenters. The fourth-order valence-electron chi connectivity index (χ4n) is 4.41. The van der Waals surface area contributed by atoms with Crippen LogP contribution in [0.25, 0.3) is 22.0 Å². The van der Waals surface area contributed by atoms with Gasteiger partial charge in [-0.15, -0.1) is 8.78 Å². The van der Waals surface area contributed by atoms with Gasteiger partial charge in [0.25, 0.3) is 0 Å². The van der Waals surface area contributed by atoms with Gasteiger partial charge in [-0.2, -0.15) is 0 Å². The van der Waals surface area contributed by atoms with Gasteiger partial charge in [0.15, 0.2) is 17.4 Å². The Morgan fingerprint density at radius 3 is 2.68 bits per heavy atom. The summed E-state index contributed by atoms with van der Waals surface area (Å²) in [6.07, 6.45) is -0.819. The molecule has 0 unspecified atom stereocenters. The van der Waals surface area contributed by atoms with E-state index in [1.165, 1.54) is 12.1 Å². The Morgan fingerprint density at radius 1 is 1.09 bits per heavy atom. The lowest BCUT2D eigenvalue weighted by molar-refractivity contribution is -0.286. The molecular weight excluding hydrogens is 444 g/mol. The second-order valence-corrected chi connectivity index (χ2v) is 8.67. The highest BCUT2D eigenvalue weighted by Crippen LogP contribution is 2.52. The number of aromatic nitrogens is 2. The van der Waals surface area contributed by atoms with Crippen LogP contribution in [0.3, 0.4) is 0 Å². The summed E-state index contributed by atoms with van der Waals surface area (Å²) < 4.78 is 35.8. The molecule has 0 bridgehead atoms. The number of aryl methyl sites for hydroxylation is 1. The molecule has 1 fully saturated rings. The van der Waals surface area contributed by atoms with Crippen LogP contribution in [0.15, 0.2) is 54.7 Å². The lowest BCUT2D eigenvalue weighted by Crippen LogP contribution is -2.28. The first-order chi connectivity index (χ1) is 16.2. The van der Waals surface area contributed by atoms with Crippen molar-refractivity contribution in [1.29, 1.82) is 0 Å². The van der Waals surface area contributed by atoms with E-state index in [4.69, 9.17) is 0 Å². The molecule has 0 radical (unpaired) electrons. The van der Waals surface area contributed by atoms with Crippen LogP contribution in [0.1, 0.15) is 24.0 Å². The Bertz CT molecular complexity index is 1480. The zero-order chi connectivity index (χ0) is 23.7. The van der Waals surface area contributed by atoms with E-state index >= 15 is 0 Å². The van der Waals surface area contributed by atoms with E-state index in [1.807, 2.05) is 31.2 Å². The third kappa shape index (κ3) is 3.23. The van der Waals surface area contributed by atoms with Gasteiger partial charge in [-0.1, -0.05) is 18.2 Å². The molecule has 1 aliphatic carbocycles. The number of hydrogen-bond acceptors (Lipinski definition) is 5. The fourth-order valence-corrected chi connectivity index (χ4v) is 4.41. The maximum absolute atomic E-state index is 13.4. The molecule has 172 valence electrons. The Kier molecular flexibility index (Phi) is 4.17. The number of H-pyrrole nitrogens is 1. The molecule has 4 aromatic rings. The number of hydrogen-bond donors (Lipinski definition) is 3. The first-order valence-electron chi connectivity index (χ1n) is 10.7. The van der Waals surface area contributed by atoms with Gasteiger partial charge in [0.1, 0.15) is 5.82 Å². The normalized spacial score (nSPS) is 17.0. The number of rotatable bonds is 4. The van der Waals surface area contributed by atoms with Gasteiger partial charge in [-0.05, 0) is 61.2 Å². The maximum Gasteiger partial charge on any atom is 0.586 e. The molecule has 6 rings (SSSR count). The first kappa shape index (κ1) is 20.5. The minimum atomic E-state index is -3.70. The number of anilines is 1. The molecular formula is C25H19F2N3O4. The van der Waals surface area contributed by atoms with Gasteiger partial charge < -0.3 is 24.9 Å². The van der Waals surface area contributed by atoms with Gasteiger partial charge in [0.05, 0.1) is 11.1 Å². The van der Waals surface area contributed by atoms with Crippen LogP contribution in [0.5, 0.6) is 17.4 Å². The van der Waals surface area contributed by atoms with Crippen LogP contribution in [0.4, 0.5) is 14.6 Å². The van der Waals surface area contributed by atoms with Crippen LogP contribution in [0, 0.1) is 6.92 Å². The summed E-state index contributed by atoms with van der Waals surface area (Å²) in [7, 11) is 0. The second kappa shape index (κ2) is 6.93. The number of fused-ring (bicyclic) bond motifs is 2. The summed E-state index contributed by atoms with van der Waals surface area (Å²) in [4.78, 5) is 20.7. The van der Waals surface area contributed by atoms with Crippen molar-refractivity contribution in [1.82, 2.24) is 9.97 Å². The quantitative estimate of drug-likeness (QED) is 0.385. The molecule has 2 aliphatic rings. The van der Waals surface area contributed by atoms with Crippen molar-refractivity contribution in [2.24, 2.45) is 0 Å². The minimum absolute atomic E-state index is 0.0532. The zero-order valence-electron chi connectivity index (χ0n) is 18.0. The number of alkyl halides is 2. The van der Waals surface area contributed by atoms with Crippen molar-refractivity contribution >= 4 is 22.5 Å². The van der Waals surface area contributed by atoms with Crippen LogP contribution >= 0.6 is 0 Å². The Labute approximate surface area is 192 Å². The van der Waals surface area contributed by atoms with Crippen molar-refractivity contribution in [3.05, 3.63) is 65.9 Å². The zero-order valence-corrected chi connectivity index (χ0v) is 18.0. The van der Waals surface area contributed by atoms with E-state index in [1.54, 1.807) is 18.3 Å². The summed E-state index contributed by atoms with van der Waals surface area (Å²) in [5.41, 5.74) is 2.24. The number of pyridine rings is 1. The van der Waals surface area contributed by atoms with E-state index < -0.39 is 11.7 Å². The van der Waals surface area contributed by atoms with Crippen LogP contribution < -0.4 is 14.8 Å². The molecule has 0 saturated heterocycles. The largest absolute Gasteiger partial charge is 0.586 e. The molecule has 3 N–H and O–H groups in total. The Morgan fingerprint density at radius 2 is 1.88 bits per heavy atom. The van der Waals surface area contributed by atoms with Crippen molar-refractivity contribution in [2.45, 2.75) is 31.5 Å². The molecule has 34 heavy (non-hydrogen) atoms. The van der Waals surface area contributed by atoms with Gasteiger partial charge >= 0.3 is 6.29 Å². The van der Waals surface area contributed by atoms with E-state index in [9.17, 15) is 18.7 Å². The summed E-state index contributed by atoms with van der Waals surface area (Å²) in [6.45, 7) is 1.93. The number of halogens is 2. The fraction of sp³-hybridized carbons (Fsp3) is 0.200. The summed E-state index contributed by atoms with van der Waals surface area (Å²) in [5, 5.41) is 14.3. The van der Waals surface area contributed by atoms with E-state index in [0.717, 1.165) is 16.5 Å². The number of aromatic hydroxyl groups is 1. The highest BCUT2D eigenvalue weighted by molar-refractivity contribution is 6.01. The van der Waals surface area contributed by atoms with Crippen molar-refractivity contribution in [3.63, 3.8) is 0 Å². The molecule has 9 heteroatoms. The maximum atomic E-state index is 13.4. The van der Waals surface area contributed by atoms with Gasteiger partial charge in [0.2, 0.25) is 5.91 Å². The smallest absolute Gasteiger partial charge is 0.494 e. The van der Waals surface area contributed by atoms with Gasteiger partial charge in [-0.3, -0.25) is 4.79 Å². The number of ether oxygens (including phenoxy) is 2. The first-order valence-corrected chi connectivity index (χ1v) is 10.7. The van der Waals surface area contributed by atoms with Gasteiger partial charge in [0, 0.05) is 22.5 Å². The van der Waals surface area contributed by atoms with Crippen molar-refractivity contribution in [2.75, 3.05) is 5.32 Å². The number of amides is 1. The molecule has 1 aliphatic heterocycles. The highest BCUT2D eigenvalue weighted by Gasteiger charge is 2.53. The summed E-state index contributed by atoms with van der Waals surface area (Å²) >= 11 is 0. The molecule has 2 aromatic carbocycles. The topological polar surface area (TPSA) is 96.5 Å². The standard InChI is InChI=1S/C25H19F2N3O4/c1-13-2-7-20(29-21(13)14-3-5-17-15(10-14)12-28-22(17)31)30-23(32)24(8-9-24)16-4-6-18-19(11-16)34-25(26,27)33-18/h2-7,10-12,28,31H,8-9H2,1H3,(H,29,30,32). The van der Waals surface area contributed by atoms with Crippen molar-refractivity contribution < 1.29 is 28.2 Å². The predicted octanol–water partition coefficient (Wildman–Crippen LogP) is 5.24. The number of aromatic amines is 1. The van der Waals surface area contributed by atoms with E-state index in [-0.39, 0.29) is 23.3 Å². The van der Waals surface area contributed by atoms with Crippen LogP contribution in [-0.4, -0.2) is 27.3 Å². The van der Waals surface area contributed by atoms with Crippen LogP contribution in [0.2, 0.25) is 0 Å². The van der Waals surface area contributed by atoms with Crippen molar-refractivity contribution in [3.8, 4) is 28.6 Å². The van der Waals surface area contributed by atoms with Gasteiger partial charge in [-0.25, -0.2) is 4.98 Å². The number of nitrogens with one attached hydrogen (secondary N) is 2. The summed E-state index contributed by atoms with van der Waals surface area (Å²) in [6, 6.07) is 13.6. The monoisotopic (exact) mass is 463 g/mol. The van der Waals surface area contributed by atoms with Crippen LogP contribution in [-0.2, 0) is 10.2 Å². The molecule has 1 amide bonds. The lowest BCUT2D eigenvalue weighted by atomic mass is 9.94. The minimum Gasteiger partial charge on any atom is -0.494 e. The predicted molar refractivity (Wildman–Crippen MR) is 120 cm³/mol. The third-order valence-corrected chi connectivity index (χ3v) is 6.42.